The number of fused-ring (bicyclic) bond motifs is 1. The summed E-state index contributed by atoms with van der Waals surface area (Å²) in [6.45, 7) is 12.0. The summed E-state index contributed by atoms with van der Waals surface area (Å²) >= 11 is 0. The van der Waals surface area contributed by atoms with Crippen molar-refractivity contribution in [1.82, 2.24) is 14.1 Å². The monoisotopic (exact) mass is 450 g/mol. The van der Waals surface area contributed by atoms with Gasteiger partial charge in [-0.1, -0.05) is 20.8 Å². The van der Waals surface area contributed by atoms with E-state index >= 15 is 0 Å². The van der Waals surface area contributed by atoms with Crippen molar-refractivity contribution in [3.05, 3.63) is 23.8 Å². The van der Waals surface area contributed by atoms with Gasteiger partial charge in [-0.05, 0) is 36.7 Å². The number of carbonyl (C=O) groups excluding carboxylic acids is 2. The van der Waals surface area contributed by atoms with Crippen molar-refractivity contribution in [3.63, 3.8) is 0 Å². The minimum Gasteiger partial charge on any atom is -0.338 e. The Kier molecular flexibility index (Phi) is 7.39. The van der Waals surface area contributed by atoms with Crippen LogP contribution in [0.1, 0.15) is 39.7 Å². The summed E-state index contributed by atoms with van der Waals surface area (Å²) in [5.74, 6) is -0.267. The maximum atomic E-state index is 13.3. The quantitative estimate of drug-likeness (QED) is 0.630. The molecule has 2 aliphatic heterocycles. The summed E-state index contributed by atoms with van der Waals surface area (Å²) in [7, 11) is -3.60. The van der Waals surface area contributed by atoms with Crippen LogP contribution in [0.25, 0.3) is 0 Å². The van der Waals surface area contributed by atoms with Crippen molar-refractivity contribution in [2.24, 2.45) is 0 Å². The fourth-order valence-corrected chi connectivity index (χ4v) is 6.12. The average molecular weight is 451 g/mol. The van der Waals surface area contributed by atoms with E-state index in [1.54, 1.807) is 32.0 Å². The smallest absolute Gasteiger partial charge is 0.246 e. The molecule has 0 radical (unpaired) electrons. The fraction of sp³-hybridized carbons (Fsp3) is 0.636. The number of amides is 2. The number of hydrogen-bond acceptors (Lipinski definition) is 5. The summed E-state index contributed by atoms with van der Waals surface area (Å²) in [5.41, 5.74) is 1.36. The molecule has 0 spiro atoms. The highest BCUT2D eigenvalue weighted by molar-refractivity contribution is 7.89. The number of carbonyl (C=O) groups is 2. The molecule has 31 heavy (non-hydrogen) atoms. The topological polar surface area (TPSA) is 81.2 Å². The minimum absolute atomic E-state index is 0.0595. The van der Waals surface area contributed by atoms with Gasteiger partial charge in [0.25, 0.3) is 0 Å². The van der Waals surface area contributed by atoms with Gasteiger partial charge in [0.15, 0.2) is 0 Å². The van der Waals surface area contributed by atoms with Crippen molar-refractivity contribution >= 4 is 27.5 Å². The minimum atomic E-state index is -3.60. The van der Waals surface area contributed by atoms with Gasteiger partial charge in [-0.2, -0.15) is 4.31 Å². The molecule has 0 N–H and O–H groups in total. The van der Waals surface area contributed by atoms with Gasteiger partial charge in [-0.15, -0.1) is 0 Å². The van der Waals surface area contributed by atoms with Crippen LogP contribution >= 0.6 is 0 Å². The lowest BCUT2D eigenvalue weighted by atomic mass is 10.1. The Balaban J connectivity index is 1.84. The number of nitrogens with zero attached hydrogens (tertiary/aromatic N) is 4. The molecule has 0 aromatic heterocycles. The Morgan fingerprint density at radius 3 is 2.26 bits per heavy atom. The summed E-state index contributed by atoms with van der Waals surface area (Å²) in [6, 6.07) is 4.22. The molecule has 2 heterocycles. The first-order valence-corrected chi connectivity index (χ1v) is 12.6. The number of anilines is 1. The standard InChI is InChI=1S/C22H34N4O4S/c1-5-10-23-11-13-24(14-12-23)22(28)21-16-18-15-19(31(29,30)25(6-2)7-3)8-9-20(18)26(21)17(4)27/h8-9,15,21H,5-7,10-14,16H2,1-4H3. The molecular weight excluding hydrogens is 416 g/mol. The van der Waals surface area contributed by atoms with E-state index in [2.05, 4.69) is 11.8 Å². The molecule has 9 heteroatoms. The van der Waals surface area contributed by atoms with Crippen molar-refractivity contribution < 1.29 is 18.0 Å². The molecule has 1 fully saturated rings. The van der Waals surface area contributed by atoms with Crippen molar-refractivity contribution in [1.29, 1.82) is 0 Å². The largest absolute Gasteiger partial charge is 0.338 e. The maximum Gasteiger partial charge on any atom is 0.246 e. The summed E-state index contributed by atoms with van der Waals surface area (Å²) in [6.07, 6.45) is 1.42. The van der Waals surface area contributed by atoms with Gasteiger partial charge in [0.2, 0.25) is 21.8 Å². The van der Waals surface area contributed by atoms with Crippen LogP contribution in [0.15, 0.2) is 23.1 Å². The molecule has 1 aromatic carbocycles. The molecule has 2 aliphatic rings. The molecule has 3 rings (SSSR count). The third-order valence-corrected chi connectivity index (χ3v) is 8.27. The molecule has 0 bridgehead atoms. The van der Waals surface area contributed by atoms with E-state index in [9.17, 15) is 18.0 Å². The van der Waals surface area contributed by atoms with E-state index in [0.29, 0.717) is 38.3 Å². The van der Waals surface area contributed by atoms with Crippen molar-refractivity contribution in [2.75, 3.05) is 50.7 Å². The van der Waals surface area contributed by atoms with Crippen LogP contribution in [0.5, 0.6) is 0 Å². The zero-order chi connectivity index (χ0) is 22.8. The Morgan fingerprint density at radius 1 is 1.06 bits per heavy atom. The second-order valence-electron chi connectivity index (χ2n) is 8.16. The highest BCUT2D eigenvalue weighted by Crippen LogP contribution is 2.35. The molecule has 8 nitrogen and oxygen atoms in total. The Bertz CT molecular complexity index is 921. The average Bonchev–Trinajstić information content (AvgIpc) is 3.13. The molecule has 0 saturated carbocycles. The lowest BCUT2D eigenvalue weighted by molar-refractivity contribution is -0.135. The molecule has 2 amide bonds. The van der Waals surface area contributed by atoms with Crippen LogP contribution in [-0.4, -0.2) is 86.2 Å². The zero-order valence-corrected chi connectivity index (χ0v) is 19.8. The first kappa shape index (κ1) is 23.7. The van der Waals surface area contributed by atoms with Gasteiger partial charge in [0, 0.05) is 58.3 Å². The molecule has 1 aromatic rings. The normalized spacial score (nSPS) is 19.7. The highest BCUT2D eigenvalue weighted by Gasteiger charge is 2.40. The molecule has 1 unspecified atom stereocenters. The summed E-state index contributed by atoms with van der Waals surface area (Å²) in [4.78, 5) is 31.7. The zero-order valence-electron chi connectivity index (χ0n) is 19.0. The van der Waals surface area contributed by atoms with E-state index in [0.717, 1.165) is 31.6 Å². The maximum absolute atomic E-state index is 13.3. The van der Waals surface area contributed by atoms with Crippen molar-refractivity contribution in [3.8, 4) is 0 Å². The van der Waals surface area contributed by atoms with Crippen LogP contribution in [0, 0.1) is 0 Å². The summed E-state index contributed by atoms with van der Waals surface area (Å²) < 4.78 is 27.3. The Labute approximate surface area is 185 Å². The lowest BCUT2D eigenvalue weighted by Crippen LogP contribution is -2.55. The predicted molar refractivity (Wildman–Crippen MR) is 121 cm³/mol. The number of rotatable bonds is 7. The third kappa shape index (κ3) is 4.63. The number of benzene rings is 1. The predicted octanol–water partition coefficient (Wildman–Crippen LogP) is 1.55. The Morgan fingerprint density at radius 2 is 1.71 bits per heavy atom. The first-order valence-electron chi connectivity index (χ1n) is 11.2. The van der Waals surface area contributed by atoms with E-state index in [4.69, 9.17) is 0 Å². The van der Waals surface area contributed by atoms with Crippen LogP contribution in [-0.2, 0) is 26.0 Å². The number of hydrogen-bond donors (Lipinski definition) is 0. The second kappa shape index (κ2) is 9.67. The van der Waals surface area contributed by atoms with E-state index in [1.165, 1.54) is 16.1 Å². The first-order chi connectivity index (χ1) is 14.7. The van der Waals surface area contributed by atoms with Gasteiger partial charge < -0.3 is 4.90 Å². The van der Waals surface area contributed by atoms with Crippen LogP contribution in [0.3, 0.4) is 0 Å². The summed E-state index contributed by atoms with van der Waals surface area (Å²) in [5, 5.41) is 0. The molecular formula is C22H34N4O4S. The van der Waals surface area contributed by atoms with Crippen molar-refractivity contribution in [2.45, 2.75) is 51.5 Å². The molecule has 1 atom stereocenters. The number of piperazine rings is 1. The van der Waals surface area contributed by atoms with Crippen LogP contribution < -0.4 is 4.90 Å². The second-order valence-corrected chi connectivity index (χ2v) is 10.1. The van der Waals surface area contributed by atoms with Gasteiger partial charge in [0.1, 0.15) is 6.04 Å². The highest BCUT2D eigenvalue weighted by atomic mass is 32.2. The third-order valence-electron chi connectivity index (χ3n) is 6.23. The molecule has 1 saturated heterocycles. The Hall–Kier alpha value is -1.97. The van der Waals surface area contributed by atoms with E-state index < -0.39 is 16.1 Å². The van der Waals surface area contributed by atoms with Gasteiger partial charge in [-0.3, -0.25) is 19.4 Å². The van der Waals surface area contributed by atoms with E-state index in [-0.39, 0.29) is 16.7 Å². The molecule has 172 valence electrons. The van der Waals surface area contributed by atoms with Gasteiger partial charge in [0.05, 0.1) is 4.90 Å². The number of sulfonamides is 1. The van der Waals surface area contributed by atoms with Gasteiger partial charge >= 0.3 is 0 Å². The van der Waals surface area contributed by atoms with E-state index in [1.807, 2.05) is 4.90 Å². The molecule has 0 aliphatic carbocycles. The fourth-order valence-electron chi connectivity index (χ4n) is 4.61. The lowest BCUT2D eigenvalue weighted by Gasteiger charge is -2.37. The van der Waals surface area contributed by atoms with Crippen LogP contribution in [0.4, 0.5) is 5.69 Å². The van der Waals surface area contributed by atoms with Gasteiger partial charge in [-0.25, -0.2) is 8.42 Å². The van der Waals surface area contributed by atoms with Crippen LogP contribution in [0.2, 0.25) is 0 Å². The SMILES string of the molecule is CCCN1CCN(C(=O)C2Cc3cc(S(=O)(=O)N(CC)CC)ccc3N2C(C)=O)CC1.